The second kappa shape index (κ2) is 6.54. The number of carbonyl (C=O) groups excluding carboxylic acids is 1. The topological polar surface area (TPSA) is 63.2 Å². The van der Waals surface area contributed by atoms with Crippen molar-refractivity contribution in [3.05, 3.63) is 59.2 Å². The minimum Gasteiger partial charge on any atom is -0.322 e. The quantitative estimate of drug-likeness (QED) is 0.928. The monoisotopic (exact) mass is 331 g/mol. The van der Waals surface area contributed by atoms with Gasteiger partial charge < -0.3 is 5.32 Å². The van der Waals surface area contributed by atoms with Gasteiger partial charge in [0.15, 0.2) is 9.84 Å². The molecule has 0 fully saturated rings. The third-order valence-corrected chi connectivity index (χ3v) is 5.72. The van der Waals surface area contributed by atoms with E-state index < -0.39 is 15.1 Å². The highest BCUT2D eigenvalue weighted by Gasteiger charge is 2.19. The van der Waals surface area contributed by atoms with Crippen molar-refractivity contribution in [3.63, 3.8) is 0 Å². The van der Waals surface area contributed by atoms with Gasteiger partial charge in [-0.3, -0.25) is 4.79 Å². The van der Waals surface area contributed by atoms with Gasteiger partial charge in [0.1, 0.15) is 0 Å². The molecule has 5 heteroatoms. The molecule has 0 aliphatic rings. The van der Waals surface area contributed by atoms with Crippen molar-refractivity contribution in [2.75, 3.05) is 5.32 Å². The highest BCUT2D eigenvalue weighted by molar-refractivity contribution is 7.92. The molecule has 0 radical (unpaired) electrons. The summed E-state index contributed by atoms with van der Waals surface area (Å²) in [5, 5.41) is 2.34. The molecular weight excluding hydrogens is 310 g/mol. The zero-order valence-corrected chi connectivity index (χ0v) is 14.6. The summed E-state index contributed by atoms with van der Waals surface area (Å²) in [6.07, 6.45) is 0. The Bertz CT molecular complexity index is 802. The van der Waals surface area contributed by atoms with Gasteiger partial charge in [-0.1, -0.05) is 6.07 Å². The van der Waals surface area contributed by atoms with E-state index in [4.69, 9.17) is 0 Å². The van der Waals surface area contributed by atoms with E-state index in [9.17, 15) is 13.2 Å². The number of hydrogen-bond acceptors (Lipinski definition) is 3. The summed E-state index contributed by atoms with van der Waals surface area (Å²) in [5.41, 5.74) is 3.29. The second-order valence-corrected chi connectivity index (χ2v) is 8.45. The molecule has 23 heavy (non-hydrogen) atoms. The van der Waals surface area contributed by atoms with Crippen LogP contribution in [-0.2, 0) is 9.84 Å². The van der Waals surface area contributed by atoms with Gasteiger partial charge in [-0.15, -0.1) is 0 Å². The Balaban J connectivity index is 2.21. The molecule has 0 bridgehead atoms. The van der Waals surface area contributed by atoms with E-state index in [0.29, 0.717) is 5.56 Å². The normalized spacial score (nSPS) is 11.5. The first-order valence-corrected chi connectivity index (χ1v) is 8.98. The summed E-state index contributed by atoms with van der Waals surface area (Å²) in [7, 11) is -3.32. The molecule has 0 spiro atoms. The molecule has 0 aliphatic carbocycles. The summed E-state index contributed by atoms with van der Waals surface area (Å²) in [4.78, 5) is 12.5. The molecule has 0 aliphatic heterocycles. The lowest BCUT2D eigenvalue weighted by Gasteiger charge is -2.10. The van der Waals surface area contributed by atoms with Crippen molar-refractivity contribution in [2.45, 2.75) is 37.8 Å². The van der Waals surface area contributed by atoms with Gasteiger partial charge in [0.2, 0.25) is 0 Å². The molecule has 0 unspecified atom stereocenters. The standard InChI is InChI=1S/C18H21NO3S/c1-12(2)23(21,22)17-7-5-15(6-8-17)18(20)19-16-10-13(3)9-14(4)11-16/h5-12H,1-4H3,(H,19,20). The number of amides is 1. The van der Waals surface area contributed by atoms with Crippen molar-refractivity contribution in [3.8, 4) is 0 Å². The largest absolute Gasteiger partial charge is 0.322 e. The number of hydrogen-bond donors (Lipinski definition) is 1. The molecule has 0 aromatic heterocycles. The molecule has 2 aromatic carbocycles. The minimum atomic E-state index is -3.32. The minimum absolute atomic E-state index is 0.232. The lowest BCUT2D eigenvalue weighted by atomic mass is 10.1. The van der Waals surface area contributed by atoms with E-state index >= 15 is 0 Å². The smallest absolute Gasteiger partial charge is 0.255 e. The molecule has 4 nitrogen and oxygen atoms in total. The Labute approximate surface area is 137 Å². The van der Waals surface area contributed by atoms with Crippen molar-refractivity contribution < 1.29 is 13.2 Å². The van der Waals surface area contributed by atoms with Crippen molar-refractivity contribution in [2.24, 2.45) is 0 Å². The van der Waals surface area contributed by atoms with Crippen LogP contribution in [0, 0.1) is 13.8 Å². The fourth-order valence-corrected chi connectivity index (χ4v) is 3.38. The summed E-state index contributed by atoms with van der Waals surface area (Å²) in [6, 6.07) is 11.8. The fraction of sp³-hybridized carbons (Fsp3) is 0.278. The van der Waals surface area contributed by atoms with Crippen LogP contribution in [0.3, 0.4) is 0 Å². The number of nitrogens with one attached hydrogen (secondary N) is 1. The molecule has 0 atom stereocenters. The SMILES string of the molecule is Cc1cc(C)cc(NC(=O)c2ccc(S(=O)(=O)C(C)C)cc2)c1. The zero-order chi connectivity index (χ0) is 17.2. The van der Waals surface area contributed by atoms with Gasteiger partial charge in [-0.2, -0.15) is 0 Å². The van der Waals surface area contributed by atoms with Crippen LogP contribution in [0.25, 0.3) is 0 Å². The van der Waals surface area contributed by atoms with Crippen LogP contribution in [0.1, 0.15) is 35.3 Å². The Morgan fingerprint density at radius 3 is 1.96 bits per heavy atom. The molecule has 0 heterocycles. The van der Waals surface area contributed by atoms with Crippen LogP contribution in [-0.4, -0.2) is 19.6 Å². The number of sulfone groups is 1. The van der Waals surface area contributed by atoms with Gasteiger partial charge in [-0.25, -0.2) is 8.42 Å². The van der Waals surface area contributed by atoms with Gasteiger partial charge in [-0.05, 0) is 75.2 Å². The Morgan fingerprint density at radius 1 is 0.957 bits per heavy atom. The third-order valence-electron chi connectivity index (χ3n) is 3.55. The van der Waals surface area contributed by atoms with Crippen molar-refractivity contribution >= 4 is 21.4 Å². The van der Waals surface area contributed by atoms with E-state index in [1.54, 1.807) is 13.8 Å². The summed E-state index contributed by atoms with van der Waals surface area (Å²) in [5.74, 6) is -0.261. The van der Waals surface area contributed by atoms with Crippen LogP contribution in [0.5, 0.6) is 0 Å². The van der Waals surface area contributed by atoms with E-state index in [-0.39, 0.29) is 10.8 Å². The Kier molecular flexibility index (Phi) is 4.90. The molecule has 2 rings (SSSR count). The highest BCUT2D eigenvalue weighted by Crippen LogP contribution is 2.18. The van der Waals surface area contributed by atoms with Crippen molar-refractivity contribution in [1.82, 2.24) is 0 Å². The molecular formula is C18H21NO3S. The predicted molar refractivity (Wildman–Crippen MR) is 92.6 cm³/mol. The first-order chi connectivity index (χ1) is 10.7. The maximum absolute atomic E-state index is 12.3. The Morgan fingerprint density at radius 2 is 1.48 bits per heavy atom. The van der Waals surface area contributed by atoms with Crippen LogP contribution >= 0.6 is 0 Å². The fourth-order valence-electron chi connectivity index (χ4n) is 2.32. The predicted octanol–water partition coefficient (Wildman–Crippen LogP) is 3.74. The first-order valence-electron chi connectivity index (χ1n) is 7.44. The first kappa shape index (κ1) is 17.2. The summed E-state index contributed by atoms with van der Waals surface area (Å²) < 4.78 is 24.2. The average molecular weight is 331 g/mol. The number of benzene rings is 2. The third kappa shape index (κ3) is 3.99. The van der Waals surface area contributed by atoms with E-state index in [1.807, 2.05) is 32.0 Å². The van der Waals surface area contributed by atoms with Gasteiger partial charge in [0.05, 0.1) is 10.1 Å². The number of anilines is 1. The lowest BCUT2D eigenvalue weighted by Crippen LogP contribution is -2.15. The number of aryl methyl sites for hydroxylation is 2. The average Bonchev–Trinajstić information content (AvgIpc) is 2.46. The molecule has 0 saturated heterocycles. The van der Waals surface area contributed by atoms with Crippen molar-refractivity contribution in [1.29, 1.82) is 0 Å². The molecule has 1 amide bonds. The number of rotatable bonds is 4. The molecule has 2 aromatic rings. The second-order valence-electron chi connectivity index (χ2n) is 5.95. The molecule has 1 N–H and O–H groups in total. The van der Waals surface area contributed by atoms with Crippen LogP contribution < -0.4 is 5.32 Å². The molecule has 0 saturated carbocycles. The van der Waals surface area contributed by atoms with E-state index in [2.05, 4.69) is 5.32 Å². The maximum atomic E-state index is 12.3. The maximum Gasteiger partial charge on any atom is 0.255 e. The Hall–Kier alpha value is -2.14. The van der Waals surface area contributed by atoms with Gasteiger partial charge >= 0.3 is 0 Å². The van der Waals surface area contributed by atoms with Gasteiger partial charge in [0, 0.05) is 11.3 Å². The van der Waals surface area contributed by atoms with Crippen LogP contribution in [0.2, 0.25) is 0 Å². The lowest BCUT2D eigenvalue weighted by molar-refractivity contribution is 0.102. The highest BCUT2D eigenvalue weighted by atomic mass is 32.2. The molecule has 122 valence electrons. The summed E-state index contributed by atoms with van der Waals surface area (Å²) >= 11 is 0. The summed E-state index contributed by atoms with van der Waals surface area (Å²) in [6.45, 7) is 7.20. The van der Waals surface area contributed by atoms with E-state index in [0.717, 1.165) is 16.8 Å². The number of carbonyl (C=O) groups is 1. The van der Waals surface area contributed by atoms with Crippen LogP contribution in [0.4, 0.5) is 5.69 Å². The zero-order valence-electron chi connectivity index (χ0n) is 13.8. The van der Waals surface area contributed by atoms with Gasteiger partial charge in [0.25, 0.3) is 5.91 Å². The van der Waals surface area contributed by atoms with Crippen LogP contribution in [0.15, 0.2) is 47.4 Å². The van der Waals surface area contributed by atoms with E-state index in [1.165, 1.54) is 24.3 Å².